The number of thiazole rings is 2. The van der Waals surface area contributed by atoms with Crippen LogP contribution in [0, 0.1) is 11.6 Å². The fourth-order valence-electron chi connectivity index (χ4n) is 6.38. The van der Waals surface area contributed by atoms with Crippen LogP contribution in [0.3, 0.4) is 0 Å². The number of hydrogen-bond donors (Lipinski definition) is 2. The van der Waals surface area contributed by atoms with Gasteiger partial charge < -0.3 is 19.3 Å². The summed E-state index contributed by atoms with van der Waals surface area (Å²) in [6, 6.07) is 7.98. The van der Waals surface area contributed by atoms with E-state index in [1.165, 1.54) is 43.6 Å². The van der Waals surface area contributed by atoms with Gasteiger partial charge in [0.25, 0.3) is 0 Å². The van der Waals surface area contributed by atoms with Gasteiger partial charge in [-0.2, -0.15) is 36.5 Å². The number of hydrogen-bond acceptors (Lipinski definition) is 12. The van der Waals surface area contributed by atoms with Gasteiger partial charge in [-0.25, -0.2) is 18.7 Å². The molecule has 0 spiro atoms. The van der Waals surface area contributed by atoms with Crippen molar-refractivity contribution in [2.45, 2.75) is 57.9 Å². The highest BCUT2D eigenvalue weighted by Crippen LogP contribution is 2.48. The van der Waals surface area contributed by atoms with E-state index in [2.05, 4.69) is 30.5 Å². The summed E-state index contributed by atoms with van der Waals surface area (Å²) in [6.45, 7) is 2.23. The van der Waals surface area contributed by atoms with Gasteiger partial charge >= 0.3 is 12.4 Å². The first-order chi connectivity index (χ1) is 29.9. The lowest BCUT2D eigenvalue weighted by atomic mass is 10.0. The van der Waals surface area contributed by atoms with Crippen LogP contribution in [-0.4, -0.2) is 62.3 Å². The van der Waals surface area contributed by atoms with E-state index in [-0.39, 0.29) is 84.7 Å². The summed E-state index contributed by atoms with van der Waals surface area (Å²) in [4.78, 5) is 8.30. The summed E-state index contributed by atoms with van der Waals surface area (Å²) < 4.78 is 125. The lowest BCUT2D eigenvalue weighted by Gasteiger charge is -2.14. The normalized spacial score (nSPS) is 13.0. The Bertz CT molecular complexity index is 2800. The van der Waals surface area contributed by atoms with E-state index in [9.17, 15) is 45.3 Å². The van der Waals surface area contributed by atoms with E-state index in [0.717, 1.165) is 47.2 Å². The molecule has 0 radical (unpaired) electrons. The Morgan fingerprint density at radius 2 is 1.11 bits per heavy atom. The van der Waals surface area contributed by atoms with Gasteiger partial charge in [-0.15, -0.1) is 22.7 Å². The zero-order valence-corrected chi connectivity index (χ0v) is 35.2. The Hall–Kier alpha value is -5.52. The molecule has 8 rings (SSSR count). The van der Waals surface area contributed by atoms with Gasteiger partial charge in [-0.1, -0.05) is 52.6 Å². The minimum atomic E-state index is -4.82. The van der Waals surface area contributed by atoms with Gasteiger partial charge in [0.2, 0.25) is 0 Å². The molecule has 8 aromatic rings. The molecule has 0 saturated carbocycles. The van der Waals surface area contributed by atoms with Crippen LogP contribution in [0.15, 0.2) is 81.0 Å². The van der Waals surface area contributed by atoms with E-state index < -0.39 is 58.7 Å². The summed E-state index contributed by atoms with van der Waals surface area (Å²) >= 11 is 14.6. The van der Waals surface area contributed by atoms with Crippen LogP contribution >= 0.6 is 45.9 Å². The molecule has 2 N–H and O–H groups in total. The van der Waals surface area contributed by atoms with Crippen molar-refractivity contribution in [2.24, 2.45) is 0 Å². The Labute approximate surface area is 368 Å². The Morgan fingerprint density at radius 1 is 0.683 bits per heavy atom. The van der Waals surface area contributed by atoms with Crippen LogP contribution in [-0.2, 0) is 25.4 Å². The molecule has 2 atom stereocenters. The molecule has 0 amide bonds. The highest BCUT2D eigenvalue weighted by molar-refractivity contribution is 7.13. The van der Waals surface area contributed by atoms with E-state index in [4.69, 9.17) is 32.2 Å². The quantitative estimate of drug-likeness (QED) is 0.120. The summed E-state index contributed by atoms with van der Waals surface area (Å²) in [5, 5.41) is 38.5. The number of alkyl halides is 6. The SMILES string of the molecule is CCC(O)Cn1ncc(-c2onc(-c3c(F)cccc3Cl)c2-c2nccs2)c1C(F)(F)F.C[C@H](O)Cn1ncc(-c2onc(-c3c(F)cccc3Cl)c2-c2nccs2)c1C(F)(F)F. The topological polar surface area (TPSA) is 154 Å². The number of nitrogens with zero attached hydrogens (tertiary/aromatic N) is 8. The smallest absolute Gasteiger partial charge is 0.391 e. The van der Waals surface area contributed by atoms with E-state index in [1.807, 2.05) is 0 Å². The van der Waals surface area contributed by atoms with Crippen LogP contribution in [0.1, 0.15) is 31.7 Å². The lowest BCUT2D eigenvalue weighted by molar-refractivity contribution is -0.145. The summed E-state index contributed by atoms with van der Waals surface area (Å²) in [7, 11) is 0. The van der Waals surface area contributed by atoms with Gasteiger partial charge in [0.15, 0.2) is 22.9 Å². The molecule has 0 saturated heterocycles. The summed E-state index contributed by atoms with van der Waals surface area (Å²) in [5.41, 5.74) is -3.33. The number of rotatable bonds is 11. The number of aliphatic hydroxyl groups is 2. The Morgan fingerprint density at radius 3 is 1.46 bits per heavy atom. The molecule has 1 unspecified atom stereocenters. The van der Waals surface area contributed by atoms with E-state index >= 15 is 0 Å². The summed E-state index contributed by atoms with van der Waals surface area (Å²) in [5.74, 6) is -1.99. The van der Waals surface area contributed by atoms with E-state index in [1.54, 1.807) is 17.7 Å². The highest BCUT2D eigenvalue weighted by atomic mass is 35.5. The fourth-order valence-corrected chi connectivity index (χ4v) is 8.25. The van der Waals surface area contributed by atoms with Crippen LogP contribution in [0.2, 0.25) is 10.0 Å². The molecule has 0 fully saturated rings. The summed E-state index contributed by atoms with van der Waals surface area (Å²) in [6.07, 6.45) is -6.63. The second-order valence-electron chi connectivity index (χ2n) is 13.4. The van der Waals surface area contributed by atoms with E-state index in [0.29, 0.717) is 9.36 Å². The zero-order valence-electron chi connectivity index (χ0n) is 32.1. The minimum Gasteiger partial charge on any atom is -0.391 e. The molecule has 2 aromatic carbocycles. The van der Waals surface area contributed by atoms with Crippen LogP contribution in [0.5, 0.6) is 0 Å². The minimum absolute atomic E-state index is 0.0125. The average molecular weight is 960 g/mol. The maximum atomic E-state index is 14.6. The molecule has 63 heavy (non-hydrogen) atoms. The third-order valence-corrected chi connectivity index (χ3v) is 11.3. The molecular weight excluding hydrogens is 932 g/mol. The van der Waals surface area contributed by atoms with Crippen LogP contribution in [0.25, 0.3) is 66.3 Å². The first kappa shape index (κ1) is 45.5. The maximum Gasteiger partial charge on any atom is 0.433 e. The van der Waals surface area contributed by atoms with Gasteiger partial charge in [0, 0.05) is 23.2 Å². The molecule has 24 heteroatoms. The molecule has 330 valence electrons. The molecule has 0 aliphatic carbocycles. The van der Waals surface area contributed by atoms with Crippen molar-refractivity contribution in [3.8, 4) is 66.3 Å². The number of halogens is 10. The monoisotopic (exact) mass is 958 g/mol. The Balaban J connectivity index is 0.000000189. The van der Waals surface area contributed by atoms with Crippen molar-refractivity contribution in [2.75, 3.05) is 0 Å². The molecule has 6 heterocycles. The largest absolute Gasteiger partial charge is 0.433 e. The second kappa shape index (κ2) is 18.3. The Kier molecular flexibility index (Phi) is 13.2. The third kappa shape index (κ3) is 9.27. The average Bonchev–Trinajstić information content (AvgIpc) is 4.05. The molecule has 0 aliphatic heterocycles. The van der Waals surface area contributed by atoms with Crippen molar-refractivity contribution in [1.82, 2.24) is 39.8 Å². The molecule has 12 nitrogen and oxygen atoms in total. The second-order valence-corrected chi connectivity index (χ2v) is 16.0. The van der Waals surface area contributed by atoms with Crippen molar-refractivity contribution >= 4 is 45.9 Å². The van der Waals surface area contributed by atoms with Crippen LogP contribution < -0.4 is 0 Å². The van der Waals surface area contributed by atoms with Crippen molar-refractivity contribution < 1.29 is 54.4 Å². The van der Waals surface area contributed by atoms with Crippen molar-refractivity contribution in [3.63, 3.8) is 0 Å². The molecule has 0 aliphatic rings. The number of aliphatic hydroxyl groups excluding tert-OH is 2. The first-order valence-corrected chi connectivity index (χ1v) is 20.7. The number of aromatic nitrogens is 8. The van der Waals surface area contributed by atoms with Gasteiger partial charge in [-0.3, -0.25) is 9.36 Å². The van der Waals surface area contributed by atoms with Crippen molar-refractivity contribution in [1.29, 1.82) is 0 Å². The van der Waals surface area contributed by atoms with Gasteiger partial charge in [-0.05, 0) is 37.6 Å². The predicted molar refractivity (Wildman–Crippen MR) is 216 cm³/mol. The lowest BCUT2D eigenvalue weighted by Crippen LogP contribution is -2.22. The van der Waals surface area contributed by atoms with Gasteiger partial charge in [0.05, 0.1) is 81.1 Å². The molecular formula is C39H28Cl2F8N8O4S2. The molecule has 0 bridgehead atoms. The third-order valence-electron chi connectivity index (χ3n) is 9.07. The van der Waals surface area contributed by atoms with Crippen molar-refractivity contribution in [3.05, 3.63) is 105 Å². The number of benzene rings is 2. The van der Waals surface area contributed by atoms with Gasteiger partial charge in [0.1, 0.15) is 33.0 Å². The highest BCUT2D eigenvalue weighted by Gasteiger charge is 2.43. The maximum absolute atomic E-state index is 14.6. The fraction of sp³-hybridized carbons (Fsp3) is 0.231. The predicted octanol–water partition coefficient (Wildman–Crippen LogP) is 11.4. The first-order valence-electron chi connectivity index (χ1n) is 18.2. The van der Waals surface area contributed by atoms with Crippen LogP contribution in [0.4, 0.5) is 35.1 Å². The molecule has 6 aromatic heterocycles. The standard InChI is InChI=1S/C20H15ClF4N4O2S.C19H13ClF4N4O2S/c1-2-10(30)9-29-18(20(23,24)25)11(8-27-29)17-15(19-26-6-7-32-19)16(28-31-17)14-12(21)4-3-5-13(14)22;1-9(29)8-28-17(19(22,23)24)10(7-26-28)16-14(18-25-5-6-31-18)15(27-30-16)13-11(20)3-2-4-12(13)21/h3-8,10,30H,2,9H2,1H3;2-7,9,29H,8H2,1H3/t;9-/m.0/s1. The zero-order chi connectivity index (χ0) is 45.4.